The molecule has 2 atom stereocenters. The Labute approximate surface area is 138 Å². The molecule has 0 aromatic heterocycles. The maximum absolute atomic E-state index is 12.5. The van der Waals surface area contributed by atoms with Gasteiger partial charge < -0.3 is 9.47 Å². The monoisotopic (exact) mass is 340 g/mol. The molecule has 22 heavy (non-hydrogen) atoms. The predicted molar refractivity (Wildman–Crippen MR) is 84.8 cm³/mol. The van der Waals surface area contributed by atoms with Crippen molar-refractivity contribution < 1.29 is 19.1 Å². The normalized spacial score (nSPS) is 23.6. The van der Waals surface area contributed by atoms with E-state index in [4.69, 9.17) is 32.7 Å². The van der Waals surface area contributed by atoms with Crippen LogP contribution in [0.2, 0.25) is 0 Å². The zero-order valence-electron chi connectivity index (χ0n) is 12.0. The van der Waals surface area contributed by atoms with Crippen LogP contribution in [0.4, 0.5) is 0 Å². The third-order valence-electron chi connectivity index (χ3n) is 3.34. The first-order valence-electron chi connectivity index (χ1n) is 6.43. The van der Waals surface area contributed by atoms with Crippen LogP contribution in [-0.4, -0.2) is 36.0 Å². The van der Waals surface area contributed by atoms with Gasteiger partial charge in [0.05, 0.1) is 19.6 Å². The van der Waals surface area contributed by atoms with E-state index >= 15 is 0 Å². The average molecular weight is 341 g/mol. The molecule has 1 aliphatic carbocycles. The van der Waals surface area contributed by atoms with Crippen LogP contribution in [0.25, 0.3) is 0 Å². The summed E-state index contributed by atoms with van der Waals surface area (Å²) in [6.45, 7) is 0. The molecule has 0 saturated carbocycles. The summed E-state index contributed by atoms with van der Waals surface area (Å²) in [5.74, 6) is -0.421. The standard InChI is InChI=1S/C16H14Cl2O4/c1-21-11-5-3-10(4-6-11)14(19)15(20)16(18)8-7-12(22-2)9-13(16)17/h3-9,13H,1-2H3. The van der Waals surface area contributed by atoms with Crippen molar-refractivity contribution in [1.82, 2.24) is 0 Å². The zero-order valence-corrected chi connectivity index (χ0v) is 13.5. The quantitative estimate of drug-likeness (QED) is 0.469. The van der Waals surface area contributed by atoms with Crippen LogP contribution >= 0.6 is 23.2 Å². The van der Waals surface area contributed by atoms with Crippen molar-refractivity contribution in [1.29, 1.82) is 0 Å². The Morgan fingerprint density at radius 1 is 1.14 bits per heavy atom. The molecule has 1 aromatic rings. The van der Waals surface area contributed by atoms with Gasteiger partial charge in [-0.25, -0.2) is 0 Å². The largest absolute Gasteiger partial charge is 0.497 e. The van der Waals surface area contributed by atoms with Crippen molar-refractivity contribution in [3.05, 3.63) is 53.8 Å². The summed E-state index contributed by atoms with van der Waals surface area (Å²) >= 11 is 12.4. The van der Waals surface area contributed by atoms with Gasteiger partial charge in [0.15, 0.2) is 0 Å². The third kappa shape index (κ3) is 3.03. The first-order valence-corrected chi connectivity index (χ1v) is 7.25. The van der Waals surface area contributed by atoms with Gasteiger partial charge in [0, 0.05) is 5.56 Å². The number of ether oxygens (including phenoxy) is 2. The molecule has 0 N–H and O–H groups in total. The highest BCUT2D eigenvalue weighted by Gasteiger charge is 2.45. The lowest BCUT2D eigenvalue weighted by Gasteiger charge is -2.27. The lowest BCUT2D eigenvalue weighted by Crippen LogP contribution is -2.44. The van der Waals surface area contributed by atoms with Gasteiger partial charge in [-0.15, -0.1) is 23.2 Å². The molecule has 6 heteroatoms. The number of benzene rings is 1. The summed E-state index contributed by atoms with van der Waals surface area (Å²) in [6, 6.07) is 6.20. The van der Waals surface area contributed by atoms with E-state index in [2.05, 4.69) is 0 Å². The van der Waals surface area contributed by atoms with Crippen molar-refractivity contribution in [2.45, 2.75) is 10.3 Å². The first-order chi connectivity index (χ1) is 10.4. The molecule has 2 unspecified atom stereocenters. The van der Waals surface area contributed by atoms with Gasteiger partial charge in [-0.2, -0.15) is 0 Å². The van der Waals surface area contributed by atoms with Crippen LogP contribution < -0.4 is 4.74 Å². The minimum atomic E-state index is -1.62. The summed E-state index contributed by atoms with van der Waals surface area (Å²) in [5, 5.41) is -0.885. The second kappa shape index (κ2) is 6.55. The molecule has 0 bridgehead atoms. The van der Waals surface area contributed by atoms with E-state index in [1.54, 1.807) is 12.1 Å². The number of alkyl halides is 2. The maximum Gasteiger partial charge on any atom is 0.230 e. The van der Waals surface area contributed by atoms with E-state index in [1.807, 2.05) is 0 Å². The van der Waals surface area contributed by atoms with E-state index in [9.17, 15) is 9.59 Å². The number of hydrogen-bond donors (Lipinski definition) is 0. The highest BCUT2D eigenvalue weighted by Crippen LogP contribution is 2.34. The smallest absolute Gasteiger partial charge is 0.230 e. The number of carbonyl (C=O) groups excluding carboxylic acids is 2. The third-order valence-corrected chi connectivity index (χ3v) is 4.46. The molecular weight excluding hydrogens is 327 g/mol. The molecule has 0 heterocycles. The molecule has 0 amide bonds. The molecule has 1 aliphatic rings. The van der Waals surface area contributed by atoms with E-state index in [0.29, 0.717) is 11.5 Å². The van der Waals surface area contributed by atoms with Gasteiger partial charge in [-0.05, 0) is 36.4 Å². The Hall–Kier alpha value is -1.78. The maximum atomic E-state index is 12.5. The number of rotatable bonds is 5. The van der Waals surface area contributed by atoms with Crippen molar-refractivity contribution in [2.75, 3.05) is 14.2 Å². The fourth-order valence-corrected chi connectivity index (χ4v) is 2.51. The molecule has 2 rings (SSSR count). The summed E-state index contributed by atoms with van der Waals surface area (Å²) in [7, 11) is 2.99. The molecule has 0 radical (unpaired) electrons. The average Bonchev–Trinajstić information content (AvgIpc) is 2.56. The molecule has 1 aromatic carbocycles. The van der Waals surface area contributed by atoms with Crippen LogP contribution in [0.1, 0.15) is 10.4 Å². The molecule has 0 saturated heterocycles. The second-order valence-corrected chi connectivity index (χ2v) is 5.76. The number of carbonyl (C=O) groups is 2. The number of Topliss-reactive ketones (excluding diaryl/α,β-unsaturated/α-hetero) is 2. The van der Waals surface area contributed by atoms with Gasteiger partial charge in [0.25, 0.3) is 0 Å². The lowest BCUT2D eigenvalue weighted by molar-refractivity contribution is -0.116. The van der Waals surface area contributed by atoms with Crippen molar-refractivity contribution in [3.8, 4) is 5.75 Å². The van der Waals surface area contributed by atoms with Crippen LogP contribution in [0.5, 0.6) is 5.75 Å². The van der Waals surface area contributed by atoms with Crippen LogP contribution in [0.15, 0.2) is 48.3 Å². The highest BCUT2D eigenvalue weighted by atomic mass is 35.5. The Morgan fingerprint density at radius 3 is 2.27 bits per heavy atom. The lowest BCUT2D eigenvalue weighted by atomic mass is 9.89. The Balaban J connectivity index is 2.25. The Kier molecular flexibility index (Phi) is 4.94. The number of allylic oxidation sites excluding steroid dienone is 3. The van der Waals surface area contributed by atoms with Crippen molar-refractivity contribution >= 4 is 34.8 Å². The molecular formula is C16H14Cl2O4. The van der Waals surface area contributed by atoms with Gasteiger partial charge in [-0.1, -0.05) is 6.08 Å². The highest BCUT2D eigenvalue weighted by molar-refractivity contribution is 6.59. The second-order valence-electron chi connectivity index (χ2n) is 4.66. The molecule has 0 fully saturated rings. The molecule has 0 spiro atoms. The fraction of sp³-hybridized carbons (Fsp3) is 0.250. The Bertz CT molecular complexity index is 649. The topological polar surface area (TPSA) is 52.6 Å². The van der Waals surface area contributed by atoms with E-state index in [0.717, 1.165) is 0 Å². The van der Waals surface area contributed by atoms with E-state index in [-0.39, 0.29) is 5.56 Å². The summed E-state index contributed by atoms with van der Waals surface area (Å²) < 4.78 is 10.0. The van der Waals surface area contributed by atoms with Gasteiger partial charge in [0.2, 0.25) is 11.6 Å². The fourth-order valence-electron chi connectivity index (χ4n) is 2.00. The molecule has 4 nitrogen and oxygen atoms in total. The van der Waals surface area contributed by atoms with Crippen LogP contribution in [0, 0.1) is 0 Å². The zero-order chi connectivity index (χ0) is 16.3. The van der Waals surface area contributed by atoms with Crippen molar-refractivity contribution in [2.24, 2.45) is 0 Å². The van der Waals surface area contributed by atoms with E-state index in [1.165, 1.54) is 44.6 Å². The summed E-state index contributed by atoms with van der Waals surface area (Å²) in [5.41, 5.74) is 0.226. The van der Waals surface area contributed by atoms with Crippen LogP contribution in [-0.2, 0) is 9.53 Å². The summed E-state index contributed by atoms with van der Waals surface area (Å²) in [4.78, 5) is 23.2. The predicted octanol–water partition coefficient (Wildman–Crippen LogP) is 3.13. The van der Waals surface area contributed by atoms with Crippen molar-refractivity contribution in [3.63, 3.8) is 0 Å². The number of ketones is 2. The van der Waals surface area contributed by atoms with Gasteiger partial charge in [0.1, 0.15) is 16.4 Å². The minimum absolute atomic E-state index is 0.226. The molecule has 116 valence electrons. The first kappa shape index (κ1) is 16.6. The van der Waals surface area contributed by atoms with Crippen LogP contribution in [0.3, 0.4) is 0 Å². The van der Waals surface area contributed by atoms with E-state index < -0.39 is 21.8 Å². The molecule has 0 aliphatic heterocycles. The summed E-state index contributed by atoms with van der Waals surface area (Å²) in [6.07, 6.45) is 4.40. The SMILES string of the molecule is COC1=CC(Cl)C(Cl)(C(=O)C(=O)c2ccc(OC)cc2)C=C1. The number of halogens is 2. The number of hydrogen-bond acceptors (Lipinski definition) is 4. The van der Waals surface area contributed by atoms with Gasteiger partial charge in [-0.3, -0.25) is 9.59 Å². The Morgan fingerprint density at radius 2 is 1.77 bits per heavy atom. The minimum Gasteiger partial charge on any atom is -0.497 e. The van der Waals surface area contributed by atoms with Gasteiger partial charge >= 0.3 is 0 Å². The number of methoxy groups -OCH3 is 2.